The minimum atomic E-state index is -0.0595. The average Bonchev–Trinajstić information content (AvgIpc) is 3.32. The molecule has 8 heteroatoms. The molecule has 0 fully saturated rings. The van der Waals surface area contributed by atoms with Crippen LogP contribution in [0.25, 0.3) is 11.2 Å². The lowest BCUT2D eigenvalue weighted by molar-refractivity contribution is 0.0679. The van der Waals surface area contributed by atoms with Gasteiger partial charge in [-0.05, 0) is 18.6 Å². The van der Waals surface area contributed by atoms with Crippen molar-refractivity contribution in [1.29, 1.82) is 0 Å². The Morgan fingerprint density at radius 2 is 2.00 bits per heavy atom. The van der Waals surface area contributed by atoms with E-state index >= 15 is 0 Å². The van der Waals surface area contributed by atoms with Crippen LogP contribution in [0.1, 0.15) is 40.5 Å². The third-order valence-electron chi connectivity index (χ3n) is 5.39. The molecule has 5 rings (SSSR count). The molecule has 29 heavy (non-hydrogen) atoms. The molecule has 1 aliphatic rings. The van der Waals surface area contributed by atoms with Gasteiger partial charge < -0.3 is 14.0 Å². The number of imidazole rings is 1. The van der Waals surface area contributed by atoms with Crippen molar-refractivity contribution >= 4 is 17.1 Å². The summed E-state index contributed by atoms with van der Waals surface area (Å²) >= 11 is 0. The number of aryl methyl sites for hydroxylation is 1. The number of amides is 1. The first-order chi connectivity index (χ1) is 14.1. The fraction of sp³-hybridized carbons (Fsp3) is 0.286. The van der Waals surface area contributed by atoms with E-state index in [9.17, 15) is 4.79 Å². The normalized spacial score (nSPS) is 16.2. The van der Waals surface area contributed by atoms with Crippen LogP contribution < -0.4 is 0 Å². The van der Waals surface area contributed by atoms with Gasteiger partial charge in [0.1, 0.15) is 11.3 Å². The predicted octanol–water partition coefficient (Wildman–Crippen LogP) is 2.37. The third kappa shape index (κ3) is 3.06. The highest BCUT2D eigenvalue weighted by molar-refractivity contribution is 5.96. The summed E-state index contributed by atoms with van der Waals surface area (Å²) in [5, 5.41) is 8.77. The van der Waals surface area contributed by atoms with Crippen LogP contribution in [0.5, 0.6) is 0 Å². The molecule has 3 aromatic heterocycles. The molecule has 1 aliphatic heterocycles. The molecule has 1 atom stereocenters. The first-order valence-electron chi connectivity index (χ1n) is 9.63. The Morgan fingerprint density at radius 1 is 1.17 bits per heavy atom. The highest BCUT2D eigenvalue weighted by atomic mass is 16.2. The van der Waals surface area contributed by atoms with E-state index in [2.05, 4.69) is 43.8 Å². The van der Waals surface area contributed by atoms with Crippen LogP contribution in [-0.2, 0) is 20.0 Å². The van der Waals surface area contributed by atoms with Crippen molar-refractivity contribution in [3.63, 3.8) is 0 Å². The minimum Gasteiger partial charge on any atom is -0.329 e. The Kier molecular flexibility index (Phi) is 4.12. The number of nitrogens with zero attached hydrogens (tertiary/aromatic N) is 7. The van der Waals surface area contributed by atoms with Crippen molar-refractivity contribution in [2.45, 2.75) is 25.9 Å². The van der Waals surface area contributed by atoms with E-state index in [1.165, 1.54) is 5.56 Å². The number of carbonyl (C=O) groups excluding carboxylic acids is 1. The third-order valence-corrected chi connectivity index (χ3v) is 5.39. The monoisotopic (exact) mass is 387 g/mol. The van der Waals surface area contributed by atoms with E-state index in [0.717, 1.165) is 29.2 Å². The van der Waals surface area contributed by atoms with E-state index in [-0.39, 0.29) is 11.9 Å². The smallest absolute Gasteiger partial charge is 0.255 e. The van der Waals surface area contributed by atoms with Crippen molar-refractivity contribution in [3.8, 4) is 0 Å². The molecular formula is C21H21N7O. The number of pyridine rings is 1. The molecule has 146 valence electrons. The fourth-order valence-electron chi connectivity index (χ4n) is 3.98. The molecule has 4 heterocycles. The van der Waals surface area contributed by atoms with E-state index < -0.39 is 0 Å². The number of hydrogen-bond acceptors (Lipinski definition) is 5. The highest BCUT2D eigenvalue weighted by Gasteiger charge is 2.30. The molecule has 1 amide bonds. The minimum absolute atomic E-state index is 0.0595. The Bertz CT molecular complexity index is 1190. The summed E-state index contributed by atoms with van der Waals surface area (Å²) < 4.78 is 4.00. The Balaban J connectivity index is 1.40. The highest BCUT2D eigenvalue weighted by Crippen LogP contribution is 2.24. The van der Waals surface area contributed by atoms with Crippen LogP contribution in [0.2, 0.25) is 0 Å². The van der Waals surface area contributed by atoms with Gasteiger partial charge in [-0.2, -0.15) is 0 Å². The fourth-order valence-corrected chi connectivity index (χ4v) is 3.98. The van der Waals surface area contributed by atoms with E-state index in [1.807, 2.05) is 34.7 Å². The molecule has 8 nitrogen and oxygen atoms in total. The number of carbonyl (C=O) groups is 1. The van der Waals surface area contributed by atoms with Crippen molar-refractivity contribution in [3.05, 3.63) is 71.7 Å². The molecule has 0 spiro atoms. The van der Waals surface area contributed by atoms with Crippen LogP contribution in [0, 0.1) is 0 Å². The van der Waals surface area contributed by atoms with E-state index in [1.54, 1.807) is 18.6 Å². The lowest BCUT2D eigenvalue weighted by atomic mass is 10.1. The Hall–Kier alpha value is -3.55. The zero-order valence-electron chi connectivity index (χ0n) is 16.4. The van der Waals surface area contributed by atoms with Crippen molar-refractivity contribution in [2.24, 2.45) is 7.05 Å². The van der Waals surface area contributed by atoms with Crippen molar-refractivity contribution in [2.75, 3.05) is 6.54 Å². The van der Waals surface area contributed by atoms with Gasteiger partial charge >= 0.3 is 0 Å². The lowest BCUT2D eigenvalue weighted by Crippen LogP contribution is -2.40. The van der Waals surface area contributed by atoms with Crippen molar-refractivity contribution < 1.29 is 4.79 Å². The summed E-state index contributed by atoms with van der Waals surface area (Å²) in [4.78, 5) is 23.6. The molecule has 0 saturated carbocycles. The predicted molar refractivity (Wildman–Crippen MR) is 107 cm³/mol. The largest absolute Gasteiger partial charge is 0.329 e. The molecule has 0 N–H and O–H groups in total. The number of benzene rings is 1. The van der Waals surface area contributed by atoms with Gasteiger partial charge in [0, 0.05) is 26.2 Å². The van der Waals surface area contributed by atoms with Crippen LogP contribution in [0.4, 0.5) is 0 Å². The van der Waals surface area contributed by atoms with Crippen LogP contribution >= 0.6 is 0 Å². The molecule has 1 aromatic carbocycles. The number of fused-ring (bicyclic) bond motifs is 2. The van der Waals surface area contributed by atoms with Gasteiger partial charge in [0.05, 0.1) is 24.5 Å². The van der Waals surface area contributed by atoms with Crippen molar-refractivity contribution in [1.82, 2.24) is 34.2 Å². The Morgan fingerprint density at radius 3 is 2.83 bits per heavy atom. The molecule has 0 aliphatic carbocycles. The molecular weight excluding hydrogens is 366 g/mol. The standard InChI is InChI=1S/C21H21N7O/c1-14-11-27(21(29)16-9-17-20(22-10-16)26(2)13-23-17)12-19-25-24-18(28(14)19)8-15-6-4-3-5-7-15/h3-7,9-10,13-14H,8,11-12H2,1-2H3/t14-/m0/s1. The summed E-state index contributed by atoms with van der Waals surface area (Å²) in [7, 11) is 1.88. The second kappa shape index (κ2) is 6.80. The number of aromatic nitrogens is 6. The molecule has 0 bridgehead atoms. The van der Waals surface area contributed by atoms with Gasteiger partial charge in [0.2, 0.25) is 0 Å². The van der Waals surface area contributed by atoms with Gasteiger partial charge in [-0.25, -0.2) is 9.97 Å². The second-order valence-corrected chi connectivity index (χ2v) is 7.52. The second-order valence-electron chi connectivity index (χ2n) is 7.52. The van der Waals surface area contributed by atoms with Gasteiger partial charge in [-0.1, -0.05) is 30.3 Å². The van der Waals surface area contributed by atoms with Gasteiger partial charge in [-0.15, -0.1) is 10.2 Å². The molecule has 0 radical (unpaired) electrons. The van der Waals surface area contributed by atoms with Gasteiger partial charge in [0.15, 0.2) is 11.5 Å². The summed E-state index contributed by atoms with van der Waals surface area (Å²) in [5.41, 5.74) is 3.22. The molecule has 4 aromatic rings. The zero-order chi connectivity index (χ0) is 20.0. The average molecular weight is 387 g/mol. The maximum Gasteiger partial charge on any atom is 0.255 e. The lowest BCUT2D eigenvalue weighted by Gasteiger charge is -2.32. The van der Waals surface area contributed by atoms with E-state index in [4.69, 9.17) is 0 Å². The topological polar surface area (TPSA) is 81.7 Å². The number of rotatable bonds is 3. The maximum atomic E-state index is 13.1. The zero-order valence-corrected chi connectivity index (χ0v) is 16.4. The first-order valence-corrected chi connectivity index (χ1v) is 9.63. The number of hydrogen-bond donors (Lipinski definition) is 0. The SMILES string of the molecule is C[C@H]1CN(C(=O)c2cnc3c(c2)ncn3C)Cc2nnc(Cc3ccccc3)n21. The summed E-state index contributed by atoms with van der Waals surface area (Å²) in [6.45, 7) is 3.14. The molecule has 0 saturated heterocycles. The first kappa shape index (κ1) is 17.5. The summed E-state index contributed by atoms with van der Waals surface area (Å²) in [5.74, 6) is 1.69. The molecule has 0 unspecified atom stereocenters. The summed E-state index contributed by atoms with van der Waals surface area (Å²) in [6, 6.07) is 12.1. The van der Waals surface area contributed by atoms with Crippen LogP contribution in [0.3, 0.4) is 0 Å². The summed E-state index contributed by atoms with van der Waals surface area (Å²) in [6.07, 6.45) is 4.05. The van der Waals surface area contributed by atoms with Gasteiger partial charge in [0.25, 0.3) is 5.91 Å². The van der Waals surface area contributed by atoms with E-state index in [0.29, 0.717) is 18.7 Å². The quantitative estimate of drug-likeness (QED) is 0.539. The van der Waals surface area contributed by atoms with Crippen LogP contribution in [-0.4, -0.2) is 46.7 Å². The Labute approximate surface area is 167 Å². The van der Waals surface area contributed by atoms with Crippen LogP contribution in [0.15, 0.2) is 48.9 Å². The maximum absolute atomic E-state index is 13.1. The van der Waals surface area contributed by atoms with Gasteiger partial charge in [-0.3, -0.25) is 4.79 Å².